The summed E-state index contributed by atoms with van der Waals surface area (Å²) in [5, 5.41) is 26.1. The van der Waals surface area contributed by atoms with Gasteiger partial charge < -0.3 is 10.2 Å². The molecule has 0 aromatic heterocycles. The first kappa shape index (κ1) is 34.6. The van der Waals surface area contributed by atoms with E-state index in [0.717, 1.165) is 59.1 Å². The first-order valence-electron chi connectivity index (χ1n) is 18.6. The molecule has 0 radical (unpaired) electrons. The van der Waals surface area contributed by atoms with E-state index in [1.54, 1.807) is 0 Å². The van der Waals surface area contributed by atoms with E-state index in [-0.39, 0.29) is 6.04 Å². The van der Waals surface area contributed by atoms with E-state index in [9.17, 15) is 10.2 Å². The van der Waals surface area contributed by atoms with Crippen LogP contribution in [0, 0.1) is 0 Å². The fraction of sp³-hybridized carbons (Fsp3) is 0.250. The smallest absolute Gasteiger partial charge is 0.0845 e. The zero-order chi connectivity index (χ0) is 34.9. The molecule has 1 aliphatic carbocycles. The first-order chi connectivity index (χ1) is 25.1. The lowest BCUT2D eigenvalue weighted by Crippen LogP contribution is -2.55. The van der Waals surface area contributed by atoms with Gasteiger partial charge in [-0.2, -0.15) is 0 Å². The highest BCUT2D eigenvalue weighted by atomic mass is 16.3. The number of rotatable bonds is 13. The summed E-state index contributed by atoms with van der Waals surface area (Å²) in [5.41, 5.74) is 4.61. The third-order valence-electron chi connectivity index (χ3n) is 11.3. The normalized spacial score (nSPS) is 15.4. The molecule has 0 heterocycles. The summed E-state index contributed by atoms with van der Waals surface area (Å²) < 4.78 is 0. The quantitative estimate of drug-likeness (QED) is 0.120. The first-order valence-corrected chi connectivity index (χ1v) is 18.6. The molecule has 0 bridgehead atoms. The molecule has 0 aliphatic heterocycles. The number of hydrogen-bond donors (Lipinski definition) is 2. The number of benzene rings is 6. The van der Waals surface area contributed by atoms with Crippen molar-refractivity contribution in [3.63, 3.8) is 0 Å². The molecule has 3 nitrogen and oxygen atoms in total. The standard InChI is InChI=1S/C48H49NO2/c50-45(47(38-22-8-1-9-23-38,39-24-10-2-11-25-39)40-26-12-3-13-27-40)36-49(44-34-20-7-21-35-44)37-46(51)48(41-28-14-4-15-29-41,42-30-16-5-17-31-42)43-32-18-6-19-33-43/h1-6,8-19,22-33,44-46,50-51H,7,20-21,34-37H2/t45-,46-/m0/s1. The highest BCUT2D eigenvalue weighted by molar-refractivity contribution is 5.53. The van der Waals surface area contributed by atoms with Crippen molar-refractivity contribution < 1.29 is 10.2 Å². The molecule has 51 heavy (non-hydrogen) atoms. The van der Waals surface area contributed by atoms with Crippen LogP contribution in [0.15, 0.2) is 182 Å². The summed E-state index contributed by atoms with van der Waals surface area (Å²) in [6.45, 7) is 0.795. The average Bonchev–Trinajstić information content (AvgIpc) is 3.21. The Balaban J connectivity index is 1.37. The molecule has 1 fully saturated rings. The fourth-order valence-corrected chi connectivity index (χ4v) is 8.90. The van der Waals surface area contributed by atoms with Crippen molar-refractivity contribution in [2.45, 2.75) is 61.2 Å². The van der Waals surface area contributed by atoms with Crippen molar-refractivity contribution in [3.05, 3.63) is 215 Å². The maximum atomic E-state index is 13.1. The molecule has 0 saturated heterocycles. The van der Waals surface area contributed by atoms with Gasteiger partial charge in [0.25, 0.3) is 0 Å². The van der Waals surface area contributed by atoms with Gasteiger partial charge in [-0.3, -0.25) is 4.90 Å². The number of nitrogens with zero attached hydrogens (tertiary/aromatic N) is 1. The molecular formula is C48H49NO2. The van der Waals surface area contributed by atoms with E-state index in [1.165, 1.54) is 6.42 Å². The minimum absolute atomic E-state index is 0.239. The Morgan fingerprint density at radius 3 is 0.863 bits per heavy atom. The van der Waals surface area contributed by atoms with Gasteiger partial charge in [-0.15, -0.1) is 0 Å². The zero-order valence-electron chi connectivity index (χ0n) is 29.3. The largest absolute Gasteiger partial charge is 0.390 e. The maximum absolute atomic E-state index is 13.1. The second-order valence-corrected chi connectivity index (χ2v) is 14.1. The molecule has 6 aromatic carbocycles. The van der Waals surface area contributed by atoms with E-state index in [0.29, 0.717) is 13.1 Å². The van der Waals surface area contributed by atoms with Crippen molar-refractivity contribution in [1.29, 1.82) is 0 Å². The van der Waals surface area contributed by atoms with Gasteiger partial charge in [0.05, 0.1) is 23.0 Å². The van der Waals surface area contributed by atoms with E-state index in [1.807, 2.05) is 36.4 Å². The molecular weight excluding hydrogens is 623 g/mol. The van der Waals surface area contributed by atoms with Crippen LogP contribution in [0.4, 0.5) is 0 Å². The van der Waals surface area contributed by atoms with Gasteiger partial charge in [-0.25, -0.2) is 0 Å². The van der Waals surface area contributed by atoms with Gasteiger partial charge in [0, 0.05) is 19.1 Å². The summed E-state index contributed by atoms with van der Waals surface area (Å²) in [7, 11) is 0. The monoisotopic (exact) mass is 671 g/mol. The minimum atomic E-state index is -0.836. The molecule has 0 amide bonds. The molecule has 258 valence electrons. The number of aliphatic hydroxyl groups excluding tert-OH is 2. The van der Waals surface area contributed by atoms with Crippen LogP contribution in [-0.2, 0) is 10.8 Å². The highest BCUT2D eigenvalue weighted by Crippen LogP contribution is 2.45. The molecule has 2 atom stereocenters. The number of hydrogen-bond acceptors (Lipinski definition) is 3. The molecule has 3 heteroatoms. The van der Waals surface area contributed by atoms with Gasteiger partial charge in [0.1, 0.15) is 0 Å². The average molecular weight is 672 g/mol. The van der Waals surface area contributed by atoms with Crippen molar-refractivity contribution in [2.24, 2.45) is 0 Å². The van der Waals surface area contributed by atoms with Crippen molar-refractivity contribution in [3.8, 4) is 0 Å². The lowest BCUT2D eigenvalue weighted by Gasteiger charge is -2.47. The summed E-state index contributed by atoms with van der Waals surface area (Å²) in [6.07, 6.45) is 3.97. The Labute approximate surface area is 303 Å². The van der Waals surface area contributed by atoms with Crippen LogP contribution in [0.2, 0.25) is 0 Å². The Morgan fingerprint density at radius 1 is 0.392 bits per heavy atom. The van der Waals surface area contributed by atoms with Crippen LogP contribution in [0.25, 0.3) is 0 Å². The van der Waals surface area contributed by atoms with Gasteiger partial charge in [0.15, 0.2) is 0 Å². The second kappa shape index (κ2) is 16.0. The van der Waals surface area contributed by atoms with Crippen LogP contribution in [-0.4, -0.2) is 46.5 Å². The van der Waals surface area contributed by atoms with Crippen LogP contribution in [0.3, 0.4) is 0 Å². The summed E-state index contributed by atoms with van der Waals surface area (Å²) >= 11 is 0. The van der Waals surface area contributed by atoms with Gasteiger partial charge in [0.2, 0.25) is 0 Å². The molecule has 2 N–H and O–H groups in total. The predicted molar refractivity (Wildman–Crippen MR) is 209 cm³/mol. The molecule has 7 rings (SSSR count). The highest BCUT2D eigenvalue weighted by Gasteiger charge is 2.47. The van der Waals surface area contributed by atoms with E-state index in [4.69, 9.17) is 0 Å². The van der Waals surface area contributed by atoms with Crippen LogP contribution < -0.4 is 0 Å². The van der Waals surface area contributed by atoms with E-state index < -0.39 is 23.0 Å². The topological polar surface area (TPSA) is 43.7 Å². The number of aliphatic hydroxyl groups is 2. The Kier molecular flexibility index (Phi) is 10.9. The van der Waals surface area contributed by atoms with Gasteiger partial charge in [-0.1, -0.05) is 201 Å². The molecule has 6 aromatic rings. The molecule has 1 saturated carbocycles. The predicted octanol–water partition coefficient (Wildman–Crippen LogP) is 9.41. The Morgan fingerprint density at radius 2 is 0.627 bits per heavy atom. The Hall–Kier alpha value is -4.80. The second-order valence-electron chi connectivity index (χ2n) is 14.1. The molecule has 0 spiro atoms. The van der Waals surface area contributed by atoms with Gasteiger partial charge >= 0.3 is 0 Å². The molecule has 1 aliphatic rings. The van der Waals surface area contributed by atoms with Crippen molar-refractivity contribution in [1.82, 2.24) is 4.90 Å². The summed E-state index contributed by atoms with van der Waals surface area (Å²) in [5.74, 6) is 0. The third-order valence-corrected chi connectivity index (χ3v) is 11.3. The fourth-order valence-electron chi connectivity index (χ4n) is 8.90. The van der Waals surface area contributed by atoms with E-state index in [2.05, 4.69) is 150 Å². The van der Waals surface area contributed by atoms with Crippen molar-refractivity contribution >= 4 is 0 Å². The van der Waals surface area contributed by atoms with Crippen LogP contribution in [0.1, 0.15) is 65.5 Å². The van der Waals surface area contributed by atoms with Crippen molar-refractivity contribution in [2.75, 3.05) is 13.1 Å². The zero-order valence-corrected chi connectivity index (χ0v) is 29.3. The lowest BCUT2D eigenvalue weighted by atomic mass is 9.64. The van der Waals surface area contributed by atoms with Crippen LogP contribution >= 0.6 is 0 Å². The third kappa shape index (κ3) is 6.82. The SMILES string of the molecule is O[C@@H](CN(C[C@H](O)C(c1ccccc1)(c1ccccc1)c1ccccc1)C1CCCCC1)C(c1ccccc1)(c1ccccc1)c1ccccc1. The maximum Gasteiger partial charge on any atom is 0.0845 e. The minimum Gasteiger partial charge on any atom is -0.390 e. The Bertz CT molecular complexity index is 1570. The summed E-state index contributed by atoms with van der Waals surface area (Å²) in [4.78, 5) is 2.43. The molecule has 0 unspecified atom stereocenters. The lowest BCUT2D eigenvalue weighted by molar-refractivity contribution is 0.00540. The van der Waals surface area contributed by atoms with Crippen LogP contribution in [0.5, 0.6) is 0 Å². The summed E-state index contributed by atoms with van der Waals surface area (Å²) in [6, 6.07) is 63.1. The van der Waals surface area contributed by atoms with Gasteiger partial charge in [-0.05, 0) is 46.2 Å². The van der Waals surface area contributed by atoms with E-state index >= 15 is 0 Å².